The number of benzene rings is 2. The number of nitrogens with one attached hydrogen (secondary N) is 2. The van der Waals surface area contributed by atoms with Gasteiger partial charge in [0.05, 0.1) is 31.1 Å². The minimum atomic E-state index is -3.84. The lowest BCUT2D eigenvalue weighted by Gasteiger charge is -2.32. The number of fused-ring (bicyclic) bond motifs is 1. The third kappa shape index (κ3) is 5.99. The Kier molecular flexibility index (Phi) is 8.40. The molecule has 1 amide bonds. The van der Waals surface area contributed by atoms with Gasteiger partial charge in [0.15, 0.2) is 0 Å². The molecule has 1 aliphatic rings. The Labute approximate surface area is 201 Å². The van der Waals surface area contributed by atoms with Crippen LogP contribution in [0.1, 0.15) is 19.4 Å². The summed E-state index contributed by atoms with van der Waals surface area (Å²) in [5, 5.41) is 12.8. The fourth-order valence-corrected chi connectivity index (χ4v) is 4.96. The van der Waals surface area contributed by atoms with E-state index in [-0.39, 0.29) is 41.9 Å². The smallest absolute Gasteiger partial charge is 0.261 e. The summed E-state index contributed by atoms with van der Waals surface area (Å²) in [7, 11) is -0.500. The van der Waals surface area contributed by atoms with E-state index < -0.39 is 10.0 Å². The molecule has 1 aliphatic heterocycles. The number of aliphatic hydroxyl groups is 1. The summed E-state index contributed by atoms with van der Waals surface area (Å²) in [6.07, 6.45) is -0.193. The Bertz CT molecular complexity index is 1090. The molecule has 34 heavy (non-hydrogen) atoms. The third-order valence-corrected chi connectivity index (χ3v) is 7.34. The summed E-state index contributed by atoms with van der Waals surface area (Å²) in [4.78, 5) is 14.9. The summed E-state index contributed by atoms with van der Waals surface area (Å²) < 4.78 is 39.7. The van der Waals surface area contributed by atoms with Crippen LogP contribution in [-0.2, 0) is 21.2 Å². The molecule has 3 N–H and O–H groups in total. The third-order valence-electron chi connectivity index (χ3n) is 5.94. The van der Waals surface area contributed by atoms with Gasteiger partial charge in [0.2, 0.25) is 5.91 Å². The number of aliphatic hydroxyl groups excluding tert-OH is 1. The fraction of sp³-hybridized carbons (Fsp3) is 0.458. The lowest BCUT2D eigenvalue weighted by atomic mass is 10.0. The number of nitrogens with zero attached hydrogens (tertiary/aromatic N) is 1. The van der Waals surface area contributed by atoms with E-state index in [0.717, 1.165) is 0 Å². The molecular weight excluding hydrogens is 458 g/mol. The molecule has 0 spiro atoms. The highest BCUT2D eigenvalue weighted by Crippen LogP contribution is 2.30. The van der Waals surface area contributed by atoms with Crippen molar-refractivity contribution in [2.75, 3.05) is 38.6 Å². The van der Waals surface area contributed by atoms with Crippen LogP contribution in [0.25, 0.3) is 0 Å². The Hall–Kier alpha value is -2.82. The van der Waals surface area contributed by atoms with Crippen molar-refractivity contribution < 1.29 is 27.8 Å². The number of likely N-dealkylation sites (N-methyl/N-ethyl adjacent to an activating group) is 1. The van der Waals surface area contributed by atoms with Crippen LogP contribution in [0.15, 0.2) is 47.4 Å². The van der Waals surface area contributed by atoms with Crippen molar-refractivity contribution in [1.82, 2.24) is 10.2 Å². The molecule has 3 atom stereocenters. The maximum Gasteiger partial charge on any atom is 0.261 e. The zero-order chi connectivity index (χ0) is 24.9. The van der Waals surface area contributed by atoms with E-state index in [4.69, 9.17) is 9.47 Å². The van der Waals surface area contributed by atoms with Crippen molar-refractivity contribution in [2.24, 2.45) is 5.92 Å². The second kappa shape index (κ2) is 11.1. The van der Waals surface area contributed by atoms with Crippen LogP contribution in [0.4, 0.5) is 5.69 Å². The maximum absolute atomic E-state index is 13.2. The van der Waals surface area contributed by atoms with Crippen LogP contribution in [-0.4, -0.2) is 70.3 Å². The highest BCUT2D eigenvalue weighted by atomic mass is 32.2. The predicted molar refractivity (Wildman–Crippen MR) is 130 cm³/mol. The van der Waals surface area contributed by atoms with Gasteiger partial charge in [-0.3, -0.25) is 9.52 Å². The number of carbonyl (C=O) groups excluding carboxylic acids is 1. The predicted octanol–water partition coefficient (Wildman–Crippen LogP) is 1.86. The van der Waals surface area contributed by atoms with Gasteiger partial charge in [0, 0.05) is 30.3 Å². The first-order valence-electron chi connectivity index (χ1n) is 11.2. The van der Waals surface area contributed by atoms with E-state index in [1.54, 1.807) is 42.2 Å². The van der Waals surface area contributed by atoms with Crippen molar-refractivity contribution in [3.05, 3.63) is 48.0 Å². The fourth-order valence-electron chi connectivity index (χ4n) is 3.91. The highest BCUT2D eigenvalue weighted by molar-refractivity contribution is 7.92. The van der Waals surface area contributed by atoms with Crippen molar-refractivity contribution in [1.29, 1.82) is 0 Å². The lowest BCUT2D eigenvalue weighted by molar-refractivity contribution is -0.134. The minimum Gasteiger partial charge on any atom is -0.497 e. The number of hydrogen-bond donors (Lipinski definition) is 3. The first kappa shape index (κ1) is 25.8. The summed E-state index contributed by atoms with van der Waals surface area (Å²) in [5.41, 5.74) is 0.899. The topological polar surface area (TPSA) is 117 Å². The van der Waals surface area contributed by atoms with Crippen molar-refractivity contribution in [3.63, 3.8) is 0 Å². The van der Waals surface area contributed by atoms with Gasteiger partial charge in [0.25, 0.3) is 10.0 Å². The Morgan fingerprint density at radius 3 is 2.56 bits per heavy atom. The SMILES string of the molecule is CNC[C@H]1Oc2ccc(NS(=O)(=O)c3ccc(OC)cc3)cc2CC(=O)N([C@H](C)CO)C[C@@H]1C. The lowest BCUT2D eigenvalue weighted by Crippen LogP contribution is -2.47. The van der Waals surface area contributed by atoms with E-state index in [1.807, 2.05) is 14.0 Å². The molecule has 0 bridgehead atoms. The second-order valence-corrected chi connectivity index (χ2v) is 10.2. The summed E-state index contributed by atoms with van der Waals surface area (Å²) in [6.45, 7) is 4.68. The number of carbonyl (C=O) groups is 1. The molecule has 0 radical (unpaired) electrons. The van der Waals surface area contributed by atoms with E-state index in [2.05, 4.69) is 10.0 Å². The van der Waals surface area contributed by atoms with Gasteiger partial charge in [0.1, 0.15) is 17.6 Å². The van der Waals surface area contributed by atoms with Crippen molar-refractivity contribution in [2.45, 2.75) is 37.3 Å². The van der Waals surface area contributed by atoms with Crippen LogP contribution < -0.4 is 19.5 Å². The summed E-state index contributed by atoms with van der Waals surface area (Å²) in [5.74, 6) is 0.938. The first-order valence-corrected chi connectivity index (χ1v) is 12.7. The van der Waals surface area contributed by atoms with Crippen molar-refractivity contribution in [3.8, 4) is 11.5 Å². The molecule has 0 saturated carbocycles. The summed E-state index contributed by atoms with van der Waals surface area (Å²) >= 11 is 0. The van der Waals surface area contributed by atoms with E-state index in [1.165, 1.54) is 19.2 Å². The number of anilines is 1. The van der Waals surface area contributed by atoms with Gasteiger partial charge in [-0.1, -0.05) is 6.92 Å². The second-order valence-electron chi connectivity index (χ2n) is 8.55. The average Bonchev–Trinajstić information content (AvgIpc) is 2.86. The molecule has 0 unspecified atom stereocenters. The molecule has 2 aromatic carbocycles. The Morgan fingerprint density at radius 2 is 1.94 bits per heavy atom. The highest BCUT2D eigenvalue weighted by Gasteiger charge is 2.30. The molecule has 10 heteroatoms. The number of ether oxygens (including phenoxy) is 2. The van der Waals surface area contributed by atoms with Crippen molar-refractivity contribution >= 4 is 21.6 Å². The molecule has 2 aromatic rings. The van der Waals surface area contributed by atoms with Gasteiger partial charge in [-0.05, 0) is 56.4 Å². The molecule has 1 heterocycles. The number of methoxy groups -OCH3 is 1. The number of sulfonamides is 1. The normalized spacial score (nSPS) is 19.8. The molecule has 0 aromatic heterocycles. The van der Waals surface area contributed by atoms with E-state index in [0.29, 0.717) is 35.8 Å². The summed E-state index contributed by atoms with van der Waals surface area (Å²) in [6, 6.07) is 10.7. The van der Waals surface area contributed by atoms with E-state index in [9.17, 15) is 18.3 Å². The quantitative estimate of drug-likeness (QED) is 0.516. The zero-order valence-electron chi connectivity index (χ0n) is 19.9. The van der Waals surface area contributed by atoms with Gasteiger partial charge in [-0.2, -0.15) is 0 Å². The van der Waals surface area contributed by atoms with Crippen LogP contribution >= 0.6 is 0 Å². The van der Waals surface area contributed by atoms with Gasteiger partial charge < -0.3 is 24.8 Å². The van der Waals surface area contributed by atoms with Gasteiger partial charge >= 0.3 is 0 Å². The van der Waals surface area contributed by atoms with E-state index >= 15 is 0 Å². The number of hydrogen-bond acceptors (Lipinski definition) is 7. The maximum atomic E-state index is 13.2. The van der Waals surface area contributed by atoms with Crippen LogP contribution in [0.2, 0.25) is 0 Å². The standard InChI is InChI=1S/C24H33N3O6S/c1-16-14-27(17(2)15-28)24(29)12-18-11-19(5-10-22(18)33-23(16)13-25-3)26-34(30,31)21-8-6-20(32-4)7-9-21/h5-11,16-17,23,25-26,28H,12-15H2,1-4H3/t16-,17+,23+/m0/s1. The molecule has 9 nitrogen and oxygen atoms in total. The number of amides is 1. The van der Waals surface area contributed by atoms with Crippen LogP contribution in [0, 0.1) is 5.92 Å². The largest absolute Gasteiger partial charge is 0.497 e. The number of rotatable bonds is 8. The Balaban J connectivity index is 1.94. The molecule has 0 aliphatic carbocycles. The monoisotopic (exact) mass is 491 g/mol. The van der Waals surface area contributed by atoms with Gasteiger partial charge in [-0.25, -0.2) is 8.42 Å². The molecule has 0 fully saturated rings. The average molecular weight is 492 g/mol. The molecule has 3 rings (SSSR count). The molecule has 186 valence electrons. The Morgan fingerprint density at radius 1 is 1.24 bits per heavy atom. The molecular formula is C24H33N3O6S. The molecule has 0 saturated heterocycles. The van der Waals surface area contributed by atoms with Gasteiger partial charge in [-0.15, -0.1) is 0 Å². The minimum absolute atomic E-state index is 0.00426. The van der Waals surface area contributed by atoms with Crippen LogP contribution in [0.3, 0.4) is 0 Å². The zero-order valence-corrected chi connectivity index (χ0v) is 20.8. The first-order chi connectivity index (χ1) is 16.2. The van der Waals surface area contributed by atoms with Crippen LogP contribution in [0.5, 0.6) is 11.5 Å².